The van der Waals surface area contributed by atoms with Gasteiger partial charge < -0.3 is 9.84 Å². The second-order valence-corrected chi connectivity index (χ2v) is 3.60. The van der Waals surface area contributed by atoms with Gasteiger partial charge in [0.2, 0.25) is 5.60 Å². The van der Waals surface area contributed by atoms with E-state index >= 15 is 0 Å². The third-order valence-electron chi connectivity index (χ3n) is 2.50. The van der Waals surface area contributed by atoms with E-state index < -0.39 is 11.6 Å². The lowest BCUT2D eigenvalue weighted by Gasteiger charge is -2.34. The lowest BCUT2D eigenvalue weighted by Crippen LogP contribution is -2.45. The Morgan fingerprint density at radius 1 is 1.83 bits per heavy atom. The quantitative estimate of drug-likeness (QED) is 0.652. The number of hydrogen-bond acceptors (Lipinski definition) is 2. The Labute approximate surface area is 72.0 Å². The summed E-state index contributed by atoms with van der Waals surface area (Å²) in [5.74, 6) is -0.862. The van der Waals surface area contributed by atoms with Gasteiger partial charge in [-0.3, -0.25) is 0 Å². The molecule has 3 nitrogen and oxygen atoms in total. The monoisotopic (exact) mass is 170 g/mol. The number of carboxylic acid groups (broad SMARTS) is 1. The third kappa shape index (κ3) is 1.31. The smallest absolute Gasteiger partial charge is 0.348 e. The fraction of sp³-hybridized carbons (Fsp3) is 0.667. The predicted molar refractivity (Wildman–Crippen MR) is 44.7 cm³/mol. The number of allylic oxidation sites excluding steroid dienone is 1. The first kappa shape index (κ1) is 9.10. The van der Waals surface area contributed by atoms with Crippen LogP contribution in [-0.4, -0.2) is 16.7 Å². The maximum absolute atomic E-state index is 10.8. The van der Waals surface area contributed by atoms with Crippen molar-refractivity contribution in [1.82, 2.24) is 0 Å². The van der Waals surface area contributed by atoms with E-state index in [0.29, 0.717) is 0 Å². The fourth-order valence-corrected chi connectivity index (χ4v) is 1.33. The highest BCUT2D eigenvalue weighted by atomic mass is 16.5. The molecule has 2 atom stereocenters. The maximum atomic E-state index is 10.8. The normalized spacial score (nSPS) is 35.2. The molecule has 0 bridgehead atoms. The molecule has 0 aromatic carbocycles. The highest BCUT2D eigenvalue weighted by Crippen LogP contribution is 2.32. The average Bonchev–Trinajstić information content (AvgIpc) is 1.97. The molecule has 1 aliphatic rings. The number of ether oxygens (including phenoxy) is 1. The van der Waals surface area contributed by atoms with E-state index in [9.17, 15) is 4.79 Å². The second-order valence-electron chi connectivity index (χ2n) is 3.60. The minimum absolute atomic E-state index is 0.0278. The summed E-state index contributed by atoms with van der Waals surface area (Å²) in [5, 5.41) is 8.90. The molecule has 1 rings (SSSR count). The summed E-state index contributed by atoms with van der Waals surface area (Å²) in [6, 6.07) is 0. The largest absolute Gasteiger partial charge is 0.483 e. The summed E-state index contributed by atoms with van der Waals surface area (Å²) in [7, 11) is 0. The lowest BCUT2D eigenvalue weighted by atomic mass is 9.84. The van der Waals surface area contributed by atoms with Crippen molar-refractivity contribution in [2.75, 3.05) is 0 Å². The van der Waals surface area contributed by atoms with Gasteiger partial charge in [0, 0.05) is 5.92 Å². The zero-order chi connectivity index (χ0) is 9.35. The van der Waals surface area contributed by atoms with E-state index in [1.165, 1.54) is 0 Å². The summed E-state index contributed by atoms with van der Waals surface area (Å²) in [6.07, 6.45) is 2.34. The summed E-state index contributed by atoms with van der Waals surface area (Å²) < 4.78 is 5.19. The van der Waals surface area contributed by atoms with Gasteiger partial charge in [0.05, 0.1) is 6.26 Å². The summed E-state index contributed by atoms with van der Waals surface area (Å²) in [4.78, 5) is 10.8. The van der Waals surface area contributed by atoms with Gasteiger partial charge in [-0.05, 0) is 25.8 Å². The molecule has 0 spiro atoms. The molecule has 0 fully saturated rings. The first-order valence-corrected chi connectivity index (χ1v) is 4.03. The molecule has 2 unspecified atom stereocenters. The topological polar surface area (TPSA) is 46.5 Å². The Bertz CT molecular complexity index is 232. The van der Waals surface area contributed by atoms with Crippen LogP contribution in [0.5, 0.6) is 0 Å². The van der Waals surface area contributed by atoms with E-state index in [4.69, 9.17) is 9.84 Å². The number of hydrogen-bond donors (Lipinski definition) is 1. The first-order chi connectivity index (χ1) is 5.47. The number of rotatable bonds is 1. The van der Waals surface area contributed by atoms with Gasteiger partial charge >= 0.3 is 5.97 Å². The SMILES string of the molecule is CC1=COC(C)(C(=O)O)C(C)C1. The zero-order valence-electron chi connectivity index (χ0n) is 7.63. The van der Waals surface area contributed by atoms with Crippen molar-refractivity contribution in [3.05, 3.63) is 11.8 Å². The van der Waals surface area contributed by atoms with Crippen LogP contribution in [0.25, 0.3) is 0 Å². The molecule has 0 aliphatic carbocycles. The molecular weight excluding hydrogens is 156 g/mol. The van der Waals surface area contributed by atoms with Crippen LogP contribution in [-0.2, 0) is 9.53 Å². The Balaban J connectivity index is 2.88. The van der Waals surface area contributed by atoms with Crippen molar-refractivity contribution in [3.63, 3.8) is 0 Å². The van der Waals surface area contributed by atoms with Crippen molar-refractivity contribution in [1.29, 1.82) is 0 Å². The van der Waals surface area contributed by atoms with Crippen molar-refractivity contribution in [2.45, 2.75) is 32.8 Å². The molecule has 1 aliphatic heterocycles. The highest BCUT2D eigenvalue weighted by molar-refractivity contribution is 5.77. The van der Waals surface area contributed by atoms with E-state index in [1.807, 2.05) is 13.8 Å². The van der Waals surface area contributed by atoms with Crippen LogP contribution < -0.4 is 0 Å². The Kier molecular flexibility index (Phi) is 2.13. The van der Waals surface area contributed by atoms with Gasteiger partial charge in [-0.25, -0.2) is 4.79 Å². The first-order valence-electron chi connectivity index (χ1n) is 4.03. The van der Waals surface area contributed by atoms with E-state index in [2.05, 4.69) is 0 Å². The van der Waals surface area contributed by atoms with Gasteiger partial charge in [0.1, 0.15) is 0 Å². The van der Waals surface area contributed by atoms with Crippen molar-refractivity contribution < 1.29 is 14.6 Å². The van der Waals surface area contributed by atoms with Crippen LogP contribution in [0.4, 0.5) is 0 Å². The Morgan fingerprint density at radius 3 is 2.83 bits per heavy atom. The third-order valence-corrected chi connectivity index (χ3v) is 2.50. The standard InChI is InChI=1S/C9H14O3/c1-6-4-7(2)9(3,8(10)11)12-5-6/h5,7H,4H2,1-3H3,(H,10,11). The van der Waals surface area contributed by atoms with Crippen molar-refractivity contribution in [2.24, 2.45) is 5.92 Å². The van der Waals surface area contributed by atoms with E-state index in [1.54, 1.807) is 13.2 Å². The predicted octanol–water partition coefficient (Wildman–Crippen LogP) is 1.79. The molecule has 0 saturated heterocycles. The van der Waals surface area contributed by atoms with Crippen LogP contribution in [0.3, 0.4) is 0 Å². The van der Waals surface area contributed by atoms with Gasteiger partial charge in [0.25, 0.3) is 0 Å². The molecule has 0 saturated carbocycles. The number of carboxylic acids is 1. The fourth-order valence-electron chi connectivity index (χ4n) is 1.33. The molecule has 12 heavy (non-hydrogen) atoms. The van der Waals surface area contributed by atoms with Gasteiger partial charge in [0.15, 0.2) is 0 Å². The molecule has 1 heterocycles. The van der Waals surface area contributed by atoms with Crippen LogP contribution >= 0.6 is 0 Å². The van der Waals surface area contributed by atoms with Gasteiger partial charge in [-0.2, -0.15) is 0 Å². The van der Waals surface area contributed by atoms with Gasteiger partial charge in [-0.15, -0.1) is 0 Å². The molecular formula is C9H14O3. The molecule has 68 valence electrons. The summed E-state index contributed by atoms with van der Waals surface area (Å²) >= 11 is 0. The molecule has 0 aromatic heterocycles. The zero-order valence-corrected chi connectivity index (χ0v) is 7.63. The summed E-state index contributed by atoms with van der Waals surface area (Å²) in [5.41, 5.74) is 0.0562. The highest BCUT2D eigenvalue weighted by Gasteiger charge is 2.42. The van der Waals surface area contributed by atoms with Crippen molar-refractivity contribution in [3.8, 4) is 0 Å². The average molecular weight is 170 g/mol. The number of carbonyl (C=O) groups is 1. The molecule has 0 aromatic rings. The Morgan fingerprint density at radius 2 is 2.42 bits per heavy atom. The second kappa shape index (κ2) is 2.81. The van der Waals surface area contributed by atoms with E-state index in [0.717, 1.165) is 12.0 Å². The summed E-state index contributed by atoms with van der Waals surface area (Å²) in [6.45, 7) is 5.45. The van der Waals surface area contributed by atoms with Crippen LogP contribution in [0.15, 0.2) is 11.8 Å². The maximum Gasteiger partial charge on any atom is 0.348 e. The van der Waals surface area contributed by atoms with Crippen LogP contribution in [0.1, 0.15) is 27.2 Å². The molecule has 3 heteroatoms. The van der Waals surface area contributed by atoms with Crippen LogP contribution in [0, 0.1) is 5.92 Å². The van der Waals surface area contributed by atoms with Gasteiger partial charge in [-0.1, -0.05) is 6.92 Å². The molecule has 0 radical (unpaired) electrons. The van der Waals surface area contributed by atoms with Crippen molar-refractivity contribution >= 4 is 5.97 Å². The minimum Gasteiger partial charge on any atom is -0.483 e. The Hall–Kier alpha value is -0.990. The molecule has 1 N–H and O–H groups in total. The minimum atomic E-state index is -1.04. The lowest BCUT2D eigenvalue weighted by molar-refractivity contribution is -0.164. The van der Waals surface area contributed by atoms with E-state index in [-0.39, 0.29) is 5.92 Å². The number of aliphatic carboxylic acids is 1. The molecule has 0 amide bonds. The van der Waals surface area contributed by atoms with Crippen LogP contribution in [0.2, 0.25) is 0 Å².